The number of esters is 1. The third-order valence-corrected chi connectivity index (χ3v) is 6.16. The van der Waals surface area contributed by atoms with Gasteiger partial charge >= 0.3 is 18.1 Å². The Kier molecular flexibility index (Phi) is 7.30. The number of rotatable bonds is 7. The number of H-pyrrole nitrogens is 1. The van der Waals surface area contributed by atoms with Crippen LogP contribution in [-0.4, -0.2) is 59.3 Å². The minimum Gasteiger partial charge on any atom is -0.489 e. The standard InChI is InChI=1S/C25H25F3N2O5/c26-25(27,28)18-4-1-3-17(13-18)16-8-11-30(12-9-16)14-19(35-24(33)23(31)32)15-34-22-6-2-5-21-20(22)7-10-29-21/h1-7,10,13,16,19,29H,8-9,11-12,14-15H2,(H,31,32)/t19-/m0/s1. The summed E-state index contributed by atoms with van der Waals surface area (Å²) in [6, 6.07) is 12.7. The van der Waals surface area contributed by atoms with Gasteiger partial charge in [-0.25, -0.2) is 9.59 Å². The first-order valence-corrected chi connectivity index (χ1v) is 11.2. The lowest BCUT2D eigenvalue weighted by Crippen LogP contribution is -2.43. The molecule has 0 radical (unpaired) electrons. The zero-order chi connectivity index (χ0) is 25.0. The number of benzene rings is 2. The fourth-order valence-electron chi connectivity index (χ4n) is 4.40. The first kappa shape index (κ1) is 24.6. The van der Waals surface area contributed by atoms with Crippen LogP contribution < -0.4 is 4.74 Å². The van der Waals surface area contributed by atoms with Crippen LogP contribution in [0.2, 0.25) is 0 Å². The van der Waals surface area contributed by atoms with Crippen molar-refractivity contribution in [3.8, 4) is 5.75 Å². The third kappa shape index (κ3) is 6.13. The average Bonchev–Trinajstić information content (AvgIpc) is 3.32. The molecule has 2 N–H and O–H groups in total. The predicted octanol–water partition coefficient (Wildman–Crippen LogP) is 4.44. The lowest BCUT2D eigenvalue weighted by Gasteiger charge is -2.34. The Morgan fingerprint density at radius 1 is 1.11 bits per heavy atom. The minimum atomic E-state index is -4.39. The van der Waals surface area contributed by atoms with Gasteiger partial charge in [-0.05, 0) is 61.7 Å². The van der Waals surface area contributed by atoms with Crippen LogP contribution in [0.1, 0.15) is 29.9 Å². The van der Waals surface area contributed by atoms with Crippen LogP contribution in [-0.2, 0) is 20.5 Å². The van der Waals surface area contributed by atoms with Crippen molar-refractivity contribution in [3.63, 3.8) is 0 Å². The molecule has 2 heterocycles. The quantitative estimate of drug-likeness (QED) is 0.376. The SMILES string of the molecule is O=C(O)C(=O)O[C@H](COc1cccc2[nH]ccc12)CN1CCC(c2cccc(C(F)(F)F)c2)CC1. The molecule has 10 heteroatoms. The van der Waals surface area contributed by atoms with Crippen molar-refractivity contribution in [1.82, 2.24) is 9.88 Å². The zero-order valence-electron chi connectivity index (χ0n) is 18.8. The molecule has 0 saturated carbocycles. The van der Waals surface area contributed by atoms with Gasteiger partial charge in [0.05, 0.1) is 5.56 Å². The number of halogens is 3. The number of ether oxygens (including phenoxy) is 2. The fraction of sp³-hybridized carbons (Fsp3) is 0.360. The van der Waals surface area contributed by atoms with Gasteiger partial charge in [-0.3, -0.25) is 4.90 Å². The molecule has 3 aromatic rings. The van der Waals surface area contributed by atoms with Crippen LogP contribution in [0.3, 0.4) is 0 Å². The number of carboxylic acid groups (broad SMARTS) is 1. The van der Waals surface area contributed by atoms with Crippen LogP contribution in [0, 0.1) is 0 Å². The number of carboxylic acids is 1. The predicted molar refractivity (Wildman–Crippen MR) is 121 cm³/mol. The molecule has 0 unspecified atom stereocenters. The van der Waals surface area contributed by atoms with Gasteiger partial charge in [0, 0.05) is 23.6 Å². The van der Waals surface area contributed by atoms with Crippen molar-refractivity contribution in [1.29, 1.82) is 0 Å². The van der Waals surface area contributed by atoms with E-state index in [-0.39, 0.29) is 19.1 Å². The van der Waals surface area contributed by atoms with E-state index in [4.69, 9.17) is 14.6 Å². The molecular weight excluding hydrogens is 465 g/mol. The number of piperidine rings is 1. The molecule has 1 aliphatic rings. The van der Waals surface area contributed by atoms with Crippen LogP contribution in [0.15, 0.2) is 54.7 Å². The summed E-state index contributed by atoms with van der Waals surface area (Å²) in [6.07, 6.45) is -2.19. The maximum Gasteiger partial charge on any atom is 0.417 e. The Hall–Kier alpha value is -3.53. The Labute approximate surface area is 199 Å². The van der Waals surface area contributed by atoms with Crippen molar-refractivity contribution in [2.75, 3.05) is 26.2 Å². The highest BCUT2D eigenvalue weighted by Gasteiger charge is 2.32. The first-order chi connectivity index (χ1) is 16.7. The number of aliphatic carboxylic acids is 1. The molecule has 1 saturated heterocycles. The van der Waals surface area contributed by atoms with E-state index in [1.165, 1.54) is 12.1 Å². The van der Waals surface area contributed by atoms with E-state index in [9.17, 15) is 22.8 Å². The molecule has 4 rings (SSSR count). The number of nitrogens with one attached hydrogen (secondary N) is 1. The second-order valence-corrected chi connectivity index (χ2v) is 8.54. The average molecular weight is 490 g/mol. The van der Waals surface area contributed by atoms with Gasteiger partial charge in [-0.15, -0.1) is 0 Å². The second kappa shape index (κ2) is 10.4. The summed E-state index contributed by atoms with van der Waals surface area (Å²) < 4.78 is 50.2. The zero-order valence-corrected chi connectivity index (χ0v) is 18.8. The molecule has 0 spiro atoms. The topological polar surface area (TPSA) is 91.9 Å². The number of fused-ring (bicyclic) bond motifs is 1. The lowest BCUT2D eigenvalue weighted by atomic mass is 9.88. The van der Waals surface area contributed by atoms with Crippen molar-refractivity contribution >= 4 is 22.8 Å². The number of hydrogen-bond acceptors (Lipinski definition) is 5. The molecule has 0 aliphatic carbocycles. The number of carbonyl (C=O) groups excluding carboxylic acids is 1. The molecule has 1 atom stereocenters. The van der Waals surface area contributed by atoms with Gasteiger partial charge in [0.1, 0.15) is 18.5 Å². The van der Waals surface area contributed by atoms with Gasteiger partial charge < -0.3 is 19.6 Å². The van der Waals surface area contributed by atoms with Crippen LogP contribution in [0.5, 0.6) is 5.75 Å². The monoisotopic (exact) mass is 490 g/mol. The molecule has 7 nitrogen and oxygen atoms in total. The van der Waals surface area contributed by atoms with E-state index in [1.54, 1.807) is 18.3 Å². The van der Waals surface area contributed by atoms with E-state index in [2.05, 4.69) is 4.98 Å². The van der Waals surface area contributed by atoms with E-state index >= 15 is 0 Å². The number of carbonyl (C=O) groups is 2. The maximum atomic E-state index is 13.1. The van der Waals surface area contributed by atoms with Gasteiger partial charge in [0.15, 0.2) is 0 Å². The Morgan fingerprint density at radius 3 is 2.57 bits per heavy atom. The number of hydrogen-bond donors (Lipinski definition) is 2. The minimum absolute atomic E-state index is 0.0176. The number of nitrogens with zero attached hydrogens (tertiary/aromatic N) is 1. The van der Waals surface area contributed by atoms with Crippen LogP contribution >= 0.6 is 0 Å². The molecular formula is C25H25F3N2O5. The number of likely N-dealkylation sites (tertiary alicyclic amines) is 1. The van der Waals surface area contributed by atoms with Gasteiger partial charge in [0.2, 0.25) is 0 Å². The second-order valence-electron chi connectivity index (χ2n) is 8.54. The molecule has 0 amide bonds. The highest BCUT2D eigenvalue weighted by molar-refractivity contribution is 6.28. The molecule has 1 aliphatic heterocycles. The fourth-order valence-corrected chi connectivity index (χ4v) is 4.40. The molecule has 35 heavy (non-hydrogen) atoms. The molecule has 186 valence electrons. The van der Waals surface area contributed by atoms with Crippen LogP contribution in [0.4, 0.5) is 13.2 Å². The molecule has 1 aromatic heterocycles. The lowest BCUT2D eigenvalue weighted by molar-refractivity contribution is -0.169. The molecule has 1 fully saturated rings. The van der Waals surface area contributed by atoms with Crippen molar-refractivity contribution in [2.45, 2.75) is 31.0 Å². The van der Waals surface area contributed by atoms with Gasteiger partial charge in [-0.1, -0.05) is 24.3 Å². The smallest absolute Gasteiger partial charge is 0.417 e. The summed E-state index contributed by atoms with van der Waals surface area (Å²) in [5, 5.41) is 9.81. The Bertz CT molecular complexity index is 1190. The van der Waals surface area contributed by atoms with Crippen LogP contribution in [0.25, 0.3) is 10.9 Å². The largest absolute Gasteiger partial charge is 0.489 e. The third-order valence-electron chi connectivity index (χ3n) is 6.16. The highest BCUT2D eigenvalue weighted by Crippen LogP contribution is 2.34. The van der Waals surface area contributed by atoms with Crippen molar-refractivity contribution < 1.29 is 37.3 Å². The first-order valence-electron chi connectivity index (χ1n) is 11.2. The summed E-state index contributed by atoms with van der Waals surface area (Å²) in [5.74, 6) is -2.50. The maximum absolute atomic E-state index is 13.1. The number of alkyl halides is 3. The van der Waals surface area contributed by atoms with E-state index in [0.717, 1.165) is 17.0 Å². The summed E-state index contributed by atoms with van der Waals surface area (Å²) in [4.78, 5) is 27.8. The molecule has 0 bridgehead atoms. The van der Waals surface area contributed by atoms with Gasteiger partial charge in [0.25, 0.3) is 0 Å². The summed E-state index contributed by atoms with van der Waals surface area (Å²) in [6.45, 7) is 1.33. The summed E-state index contributed by atoms with van der Waals surface area (Å²) in [7, 11) is 0. The van der Waals surface area contributed by atoms with Crippen molar-refractivity contribution in [3.05, 3.63) is 65.9 Å². The molecule has 2 aromatic carbocycles. The summed E-state index contributed by atoms with van der Waals surface area (Å²) in [5.41, 5.74) is 0.863. The van der Waals surface area contributed by atoms with E-state index in [1.807, 2.05) is 23.1 Å². The van der Waals surface area contributed by atoms with E-state index in [0.29, 0.717) is 37.2 Å². The number of aromatic amines is 1. The van der Waals surface area contributed by atoms with Gasteiger partial charge in [-0.2, -0.15) is 13.2 Å². The number of aromatic nitrogens is 1. The Balaban J connectivity index is 1.38. The Morgan fingerprint density at radius 2 is 1.86 bits per heavy atom. The normalized spacial score (nSPS) is 16.2. The van der Waals surface area contributed by atoms with E-state index < -0.39 is 29.8 Å². The van der Waals surface area contributed by atoms with Crippen molar-refractivity contribution in [2.24, 2.45) is 0 Å². The summed E-state index contributed by atoms with van der Waals surface area (Å²) >= 11 is 0. The highest BCUT2D eigenvalue weighted by atomic mass is 19.4.